The molecule has 0 atom stereocenters. The zero-order chi connectivity index (χ0) is 16.9. The van der Waals surface area contributed by atoms with E-state index < -0.39 is 0 Å². The van der Waals surface area contributed by atoms with Gasteiger partial charge in [-0.05, 0) is 53.7 Å². The van der Waals surface area contributed by atoms with Crippen LogP contribution in [0.15, 0.2) is 54.9 Å². The molecule has 1 aromatic carbocycles. The van der Waals surface area contributed by atoms with Gasteiger partial charge in [0.05, 0.1) is 0 Å². The molecule has 0 bridgehead atoms. The van der Waals surface area contributed by atoms with Crippen LogP contribution < -0.4 is 0 Å². The molecule has 1 aliphatic rings. The zero-order valence-electron chi connectivity index (χ0n) is 14.4. The van der Waals surface area contributed by atoms with Gasteiger partial charge in [0.15, 0.2) is 0 Å². The lowest BCUT2D eigenvalue weighted by atomic mass is 10.0. The number of carbonyl (C=O) groups is 1. The van der Waals surface area contributed by atoms with Gasteiger partial charge in [0.2, 0.25) is 5.91 Å². The summed E-state index contributed by atoms with van der Waals surface area (Å²) in [5.74, 6) is 0.609. The monoisotopic (exact) mass is 320 g/mol. The van der Waals surface area contributed by atoms with E-state index in [2.05, 4.69) is 43.1 Å². The predicted molar refractivity (Wildman–Crippen MR) is 97.4 cm³/mol. The number of aromatic nitrogens is 1. The minimum Gasteiger partial charge on any atom is -0.332 e. The van der Waals surface area contributed by atoms with E-state index in [0.717, 1.165) is 24.0 Å². The molecule has 0 radical (unpaired) electrons. The van der Waals surface area contributed by atoms with Crippen molar-refractivity contribution < 1.29 is 4.79 Å². The highest BCUT2D eigenvalue weighted by molar-refractivity contribution is 5.92. The second kappa shape index (κ2) is 7.43. The Hall–Kier alpha value is -2.42. The summed E-state index contributed by atoms with van der Waals surface area (Å²) in [6.45, 7) is 5.02. The summed E-state index contributed by atoms with van der Waals surface area (Å²) in [6.07, 6.45) is 9.37. The molecule has 0 spiro atoms. The van der Waals surface area contributed by atoms with E-state index in [1.54, 1.807) is 18.5 Å². The van der Waals surface area contributed by atoms with Gasteiger partial charge in [-0.15, -0.1) is 0 Å². The van der Waals surface area contributed by atoms with E-state index in [9.17, 15) is 4.79 Å². The van der Waals surface area contributed by atoms with Crippen molar-refractivity contribution in [3.05, 3.63) is 71.6 Å². The van der Waals surface area contributed by atoms with Crippen molar-refractivity contribution in [1.29, 1.82) is 0 Å². The molecule has 124 valence electrons. The first-order valence-corrected chi connectivity index (χ1v) is 8.61. The lowest BCUT2D eigenvalue weighted by molar-refractivity contribution is -0.127. The van der Waals surface area contributed by atoms with Crippen LogP contribution in [0.2, 0.25) is 0 Å². The van der Waals surface area contributed by atoms with Crippen LogP contribution in [0.4, 0.5) is 0 Å². The Morgan fingerprint density at radius 3 is 2.42 bits per heavy atom. The van der Waals surface area contributed by atoms with Crippen LogP contribution >= 0.6 is 0 Å². The molecule has 0 unspecified atom stereocenters. The van der Waals surface area contributed by atoms with E-state index >= 15 is 0 Å². The first-order valence-electron chi connectivity index (χ1n) is 8.61. The molecule has 0 saturated heterocycles. The van der Waals surface area contributed by atoms with Crippen LogP contribution in [0.5, 0.6) is 0 Å². The standard InChI is InChI=1S/C21H24N2O/c1-16(2)19-6-3-17(4-7-19)5-10-21(24)23(20-8-9-20)15-18-11-13-22-14-12-18/h3-7,10-14,16,20H,8-9,15H2,1-2H3/b10-5+. The second-order valence-corrected chi connectivity index (χ2v) is 6.71. The van der Waals surface area contributed by atoms with E-state index in [1.165, 1.54) is 5.56 Å². The molecule has 1 aliphatic carbocycles. The maximum absolute atomic E-state index is 12.6. The molecular formula is C21H24N2O. The summed E-state index contributed by atoms with van der Waals surface area (Å²) in [6, 6.07) is 12.7. The van der Waals surface area contributed by atoms with Gasteiger partial charge in [-0.1, -0.05) is 38.1 Å². The molecule has 1 amide bonds. The number of hydrogen-bond donors (Lipinski definition) is 0. The van der Waals surface area contributed by atoms with E-state index in [0.29, 0.717) is 18.5 Å². The molecule has 1 fully saturated rings. The van der Waals surface area contributed by atoms with E-state index in [4.69, 9.17) is 0 Å². The highest BCUT2D eigenvalue weighted by Crippen LogP contribution is 2.28. The first kappa shape index (κ1) is 16.4. The van der Waals surface area contributed by atoms with Crippen LogP contribution in [0, 0.1) is 0 Å². The molecule has 3 nitrogen and oxygen atoms in total. The summed E-state index contributed by atoms with van der Waals surface area (Å²) in [5.41, 5.74) is 3.50. The fourth-order valence-corrected chi connectivity index (χ4v) is 2.71. The van der Waals surface area contributed by atoms with Gasteiger partial charge in [0, 0.05) is 31.1 Å². The molecule has 0 aliphatic heterocycles. The quantitative estimate of drug-likeness (QED) is 0.739. The van der Waals surface area contributed by atoms with Gasteiger partial charge in [-0.2, -0.15) is 0 Å². The fourth-order valence-electron chi connectivity index (χ4n) is 2.71. The van der Waals surface area contributed by atoms with Gasteiger partial charge in [-0.3, -0.25) is 9.78 Å². The number of amides is 1. The van der Waals surface area contributed by atoms with E-state index in [-0.39, 0.29) is 5.91 Å². The molecule has 3 heteroatoms. The third kappa shape index (κ3) is 4.31. The largest absolute Gasteiger partial charge is 0.332 e. The molecular weight excluding hydrogens is 296 g/mol. The molecule has 2 aromatic rings. The van der Waals surface area contributed by atoms with Crippen LogP contribution in [0.1, 0.15) is 49.3 Å². The third-order valence-electron chi connectivity index (χ3n) is 4.39. The zero-order valence-corrected chi connectivity index (χ0v) is 14.4. The Labute approximate surface area is 144 Å². The van der Waals surface area contributed by atoms with Crippen molar-refractivity contribution in [3.63, 3.8) is 0 Å². The number of carbonyl (C=O) groups excluding carboxylic acids is 1. The second-order valence-electron chi connectivity index (χ2n) is 6.71. The lowest BCUT2D eigenvalue weighted by Gasteiger charge is -2.20. The number of hydrogen-bond acceptors (Lipinski definition) is 2. The SMILES string of the molecule is CC(C)c1ccc(/C=C/C(=O)N(Cc2ccncc2)C2CC2)cc1. The van der Waals surface area contributed by atoms with E-state index in [1.807, 2.05) is 23.1 Å². The average Bonchev–Trinajstić information content (AvgIpc) is 3.44. The summed E-state index contributed by atoms with van der Waals surface area (Å²) in [7, 11) is 0. The van der Waals surface area contributed by atoms with Crippen LogP contribution in [-0.4, -0.2) is 21.8 Å². The number of benzene rings is 1. The number of nitrogens with zero attached hydrogens (tertiary/aromatic N) is 2. The normalized spacial score (nSPS) is 14.3. The minimum atomic E-state index is 0.0854. The van der Waals surface area contributed by atoms with Crippen molar-refractivity contribution in [1.82, 2.24) is 9.88 Å². The average molecular weight is 320 g/mol. The summed E-state index contributed by atoms with van der Waals surface area (Å²) < 4.78 is 0. The molecule has 0 N–H and O–H groups in total. The van der Waals surface area contributed by atoms with Crippen molar-refractivity contribution in [3.8, 4) is 0 Å². The van der Waals surface area contributed by atoms with Crippen molar-refractivity contribution in [2.24, 2.45) is 0 Å². The van der Waals surface area contributed by atoms with Crippen LogP contribution in [0.3, 0.4) is 0 Å². The Kier molecular flexibility index (Phi) is 5.09. The van der Waals surface area contributed by atoms with Gasteiger partial charge in [0.25, 0.3) is 0 Å². The molecule has 1 saturated carbocycles. The van der Waals surface area contributed by atoms with Crippen LogP contribution in [0.25, 0.3) is 6.08 Å². The number of pyridine rings is 1. The Balaban J connectivity index is 1.67. The van der Waals surface area contributed by atoms with Crippen molar-refractivity contribution in [2.75, 3.05) is 0 Å². The molecule has 1 heterocycles. The maximum atomic E-state index is 12.6. The molecule has 3 rings (SSSR count). The van der Waals surface area contributed by atoms with Gasteiger partial charge >= 0.3 is 0 Å². The van der Waals surface area contributed by atoms with Gasteiger partial charge in [-0.25, -0.2) is 0 Å². The molecule has 24 heavy (non-hydrogen) atoms. The van der Waals surface area contributed by atoms with Gasteiger partial charge in [0.1, 0.15) is 0 Å². The molecule has 1 aromatic heterocycles. The number of rotatable bonds is 6. The highest BCUT2D eigenvalue weighted by Gasteiger charge is 2.31. The highest BCUT2D eigenvalue weighted by atomic mass is 16.2. The maximum Gasteiger partial charge on any atom is 0.247 e. The van der Waals surface area contributed by atoms with Crippen molar-refractivity contribution in [2.45, 2.75) is 45.2 Å². The minimum absolute atomic E-state index is 0.0854. The third-order valence-corrected chi connectivity index (χ3v) is 4.39. The smallest absolute Gasteiger partial charge is 0.247 e. The summed E-state index contributed by atoms with van der Waals surface area (Å²) in [5, 5.41) is 0. The Bertz CT molecular complexity index is 700. The Morgan fingerprint density at radius 1 is 1.17 bits per heavy atom. The Morgan fingerprint density at radius 2 is 1.83 bits per heavy atom. The summed E-state index contributed by atoms with van der Waals surface area (Å²) in [4.78, 5) is 18.6. The first-order chi connectivity index (χ1) is 11.6. The lowest BCUT2D eigenvalue weighted by Crippen LogP contribution is -2.31. The predicted octanol–water partition coefficient (Wildman–Crippen LogP) is 4.41. The van der Waals surface area contributed by atoms with Crippen LogP contribution in [-0.2, 0) is 11.3 Å². The topological polar surface area (TPSA) is 33.2 Å². The van der Waals surface area contributed by atoms with Gasteiger partial charge < -0.3 is 4.90 Å². The van der Waals surface area contributed by atoms with Crippen molar-refractivity contribution >= 4 is 12.0 Å². The summed E-state index contributed by atoms with van der Waals surface area (Å²) >= 11 is 0. The fraction of sp³-hybridized carbons (Fsp3) is 0.333.